The molecule has 0 amide bonds. The maximum absolute atomic E-state index is 12.2. The molecule has 0 saturated carbocycles. The quantitative estimate of drug-likeness (QED) is 0.473. The van der Waals surface area contributed by atoms with Crippen LogP contribution in [-0.4, -0.2) is 36.5 Å². The first-order chi connectivity index (χ1) is 9.19. The molecular formula is C9H7F3N2O6. The van der Waals surface area contributed by atoms with E-state index in [9.17, 15) is 28.1 Å². The predicted molar refractivity (Wildman–Crippen MR) is 55.5 cm³/mol. The van der Waals surface area contributed by atoms with Crippen molar-refractivity contribution in [2.75, 3.05) is 14.2 Å². The number of alkyl halides is 3. The minimum Gasteiger partial charge on any atom is -0.486 e. The molecule has 11 heteroatoms. The van der Waals surface area contributed by atoms with Crippen LogP contribution in [0.5, 0.6) is 11.5 Å². The van der Waals surface area contributed by atoms with E-state index in [1.54, 1.807) is 0 Å². The number of halogens is 3. The van der Waals surface area contributed by atoms with Crippen molar-refractivity contribution in [2.45, 2.75) is 6.36 Å². The van der Waals surface area contributed by atoms with Gasteiger partial charge in [-0.2, -0.15) is 0 Å². The molecule has 20 heavy (non-hydrogen) atoms. The lowest BCUT2D eigenvalue weighted by molar-refractivity contribution is -0.390. The molecule has 0 fully saturated rings. The lowest BCUT2D eigenvalue weighted by atomic mass is 10.3. The molecule has 0 N–H and O–H groups in total. The van der Waals surface area contributed by atoms with Crippen LogP contribution in [-0.2, 0) is 4.74 Å². The van der Waals surface area contributed by atoms with E-state index in [0.29, 0.717) is 6.07 Å². The predicted octanol–water partition coefficient (Wildman–Crippen LogP) is 1.68. The fourth-order valence-corrected chi connectivity index (χ4v) is 1.22. The number of carbonyl (C=O) groups excluding carboxylic acids is 1. The van der Waals surface area contributed by atoms with Crippen molar-refractivity contribution in [3.63, 3.8) is 0 Å². The summed E-state index contributed by atoms with van der Waals surface area (Å²) in [6.07, 6.45) is -5.13. The molecule has 0 atom stereocenters. The van der Waals surface area contributed by atoms with E-state index in [1.165, 1.54) is 0 Å². The Hall–Kier alpha value is -2.59. The second-order valence-corrected chi connectivity index (χ2v) is 3.16. The van der Waals surface area contributed by atoms with Gasteiger partial charge in [0.2, 0.25) is 0 Å². The number of hydrogen-bond donors (Lipinski definition) is 0. The van der Waals surface area contributed by atoms with Crippen LogP contribution in [0.2, 0.25) is 0 Å². The van der Waals surface area contributed by atoms with E-state index in [2.05, 4.69) is 19.2 Å². The number of methoxy groups -OCH3 is 2. The number of aromatic nitrogens is 1. The minimum atomic E-state index is -5.13. The summed E-state index contributed by atoms with van der Waals surface area (Å²) < 4.78 is 48.9. The Kier molecular flexibility index (Phi) is 4.32. The topological polar surface area (TPSA) is 101 Å². The second kappa shape index (κ2) is 5.59. The van der Waals surface area contributed by atoms with E-state index in [1.807, 2.05) is 0 Å². The van der Waals surface area contributed by atoms with Gasteiger partial charge in [0.05, 0.1) is 14.2 Å². The van der Waals surface area contributed by atoms with Gasteiger partial charge < -0.3 is 24.3 Å². The molecule has 0 bridgehead atoms. The maximum atomic E-state index is 12.2. The first-order valence-electron chi connectivity index (χ1n) is 4.77. The van der Waals surface area contributed by atoms with Gasteiger partial charge >= 0.3 is 18.1 Å². The zero-order valence-electron chi connectivity index (χ0n) is 10.1. The van der Waals surface area contributed by atoms with Crippen molar-refractivity contribution in [1.29, 1.82) is 0 Å². The van der Waals surface area contributed by atoms with E-state index in [0.717, 1.165) is 14.2 Å². The summed E-state index contributed by atoms with van der Waals surface area (Å²) in [5, 5.41) is 10.7. The Morgan fingerprint density at radius 3 is 2.40 bits per heavy atom. The van der Waals surface area contributed by atoms with Crippen molar-refractivity contribution in [3.8, 4) is 11.5 Å². The van der Waals surface area contributed by atoms with E-state index in [4.69, 9.17) is 0 Å². The largest absolute Gasteiger partial charge is 0.573 e. The summed E-state index contributed by atoms with van der Waals surface area (Å²) in [6.45, 7) is 0. The monoisotopic (exact) mass is 296 g/mol. The normalized spacial score (nSPS) is 10.8. The molecule has 0 aliphatic carbocycles. The summed E-state index contributed by atoms with van der Waals surface area (Å²) >= 11 is 0. The van der Waals surface area contributed by atoms with Gasteiger partial charge in [-0.25, -0.2) is 4.79 Å². The van der Waals surface area contributed by atoms with Gasteiger partial charge in [0.25, 0.3) is 11.4 Å². The molecule has 1 aromatic heterocycles. The fraction of sp³-hybridized carbons (Fsp3) is 0.333. The third-order valence-electron chi connectivity index (χ3n) is 1.92. The summed E-state index contributed by atoms with van der Waals surface area (Å²) in [4.78, 5) is 24.1. The van der Waals surface area contributed by atoms with Crippen molar-refractivity contribution < 1.29 is 37.1 Å². The number of ether oxygens (including phenoxy) is 3. The average molecular weight is 296 g/mol. The number of esters is 1. The third kappa shape index (κ3) is 3.46. The minimum absolute atomic E-state index is 0.533. The molecule has 1 heterocycles. The molecule has 0 aliphatic heterocycles. The van der Waals surface area contributed by atoms with Gasteiger partial charge in [-0.3, -0.25) is 0 Å². The van der Waals surface area contributed by atoms with Crippen LogP contribution in [0, 0.1) is 10.1 Å². The highest BCUT2D eigenvalue weighted by Crippen LogP contribution is 2.38. The first-order valence-corrected chi connectivity index (χ1v) is 4.77. The Morgan fingerprint density at radius 2 is 2.00 bits per heavy atom. The summed E-state index contributed by atoms with van der Waals surface area (Å²) in [5.74, 6) is -4.19. The highest BCUT2D eigenvalue weighted by atomic mass is 19.4. The van der Waals surface area contributed by atoms with Gasteiger partial charge in [-0.05, 0) is 9.91 Å². The fourth-order valence-electron chi connectivity index (χ4n) is 1.22. The average Bonchev–Trinajstić information content (AvgIpc) is 2.34. The van der Waals surface area contributed by atoms with Crippen LogP contribution in [0.1, 0.15) is 10.5 Å². The zero-order chi connectivity index (χ0) is 15.5. The van der Waals surface area contributed by atoms with E-state index in [-0.39, 0.29) is 0 Å². The summed E-state index contributed by atoms with van der Waals surface area (Å²) in [5.41, 5.74) is -0.723. The Morgan fingerprint density at radius 1 is 1.40 bits per heavy atom. The van der Waals surface area contributed by atoms with E-state index >= 15 is 0 Å². The zero-order valence-corrected chi connectivity index (χ0v) is 10.1. The second-order valence-electron chi connectivity index (χ2n) is 3.16. The number of rotatable bonds is 4. The molecule has 1 aromatic rings. The van der Waals surface area contributed by atoms with Crippen molar-refractivity contribution in [1.82, 2.24) is 4.98 Å². The van der Waals surface area contributed by atoms with Crippen LogP contribution < -0.4 is 9.47 Å². The molecule has 0 aliphatic rings. The Bertz CT molecular complexity index is 545. The first kappa shape index (κ1) is 15.5. The maximum Gasteiger partial charge on any atom is 0.573 e. The van der Waals surface area contributed by atoms with Crippen LogP contribution in [0.3, 0.4) is 0 Å². The number of carbonyl (C=O) groups is 1. The summed E-state index contributed by atoms with van der Waals surface area (Å²) in [6, 6.07) is 0.533. The van der Waals surface area contributed by atoms with Gasteiger partial charge in [0.15, 0.2) is 5.75 Å². The van der Waals surface area contributed by atoms with Crippen LogP contribution in [0.4, 0.5) is 19.0 Å². The molecule has 0 unspecified atom stereocenters. The van der Waals surface area contributed by atoms with Crippen LogP contribution >= 0.6 is 0 Å². The summed E-state index contributed by atoms with van der Waals surface area (Å²) in [7, 11) is 1.83. The highest BCUT2D eigenvalue weighted by molar-refractivity contribution is 5.88. The highest BCUT2D eigenvalue weighted by Gasteiger charge is 2.37. The molecule has 0 aromatic carbocycles. The number of pyridine rings is 1. The number of nitro groups is 1. The lowest BCUT2D eigenvalue weighted by Crippen LogP contribution is -2.19. The number of nitrogens with zero attached hydrogens (tertiary/aromatic N) is 2. The molecule has 1 rings (SSSR count). The standard InChI is InChI=1S/C9H7F3N2O6/c1-18-6-5(20-9(10,11)12)3-4(8(15)19-2)13-7(6)14(16)17/h3H,1-2H3. The molecule has 8 nitrogen and oxygen atoms in total. The van der Waals surface area contributed by atoms with Crippen molar-refractivity contribution >= 4 is 11.8 Å². The smallest absolute Gasteiger partial charge is 0.486 e. The van der Waals surface area contributed by atoms with Gasteiger partial charge in [-0.15, -0.1) is 13.2 Å². The van der Waals surface area contributed by atoms with Gasteiger partial charge in [0, 0.05) is 6.07 Å². The van der Waals surface area contributed by atoms with Crippen LogP contribution in [0.15, 0.2) is 6.07 Å². The van der Waals surface area contributed by atoms with Crippen molar-refractivity contribution in [2.24, 2.45) is 0 Å². The number of hydrogen-bond acceptors (Lipinski definition) is 7. The molecule has 0 saturated heterocycles. The lowest BCUT2D eigenvalue weighted by Gasteiger charge is -2.12. The Labute approximate surface area is 109 Å². The molecule has 110 valence electrons. The molecular weight excluding hydrogens is 289 g/mol. The Balaban J connectivity index is 3.49. The van der Waals surface area contributed by atoms with E-state index < -0.39 is 40.3 Å². The molecule has 0 spiro atoms. The molecule has 0 radical (unpaired) electrons. The SMILES string of the molecule is COC(=O)c1cc(OC(F)(F)F)c(OC)c([N+](=O)[O-])n1. The van der Waals surface area contributed by atoms with Gasteiger partial charge in [-0.1, -0.05) is 0 Å². The van der Waals surface area contributed by atoms with Gasteiger partial charge in [0.1, 0.15) is 0 Å². The van der Waals surface area contributed by atoms with Crippen LogP contribution in [0.25, 0.3) is 0 Å². The third-order valence-corrected chi connectivity index (χ3v) is 1.92. The van der Waals surface area contributed by atoms with Crippen molar-refractivity contribution in [3.05, 3.63) is 21.9 Å².